The van der Waals surface area contributed by atoms with Crippen molar-refractivity contribution in [2.45, 2.75) is 32.7 Å². The van der Waals surface area contributed by atoms with Crippen molar-refractivity contribution in [3.63, 3.8) is 0 Å². The number of hydrogen-bond donors (Lipinski definition) is 2. The first-order valence-corrected chi connectivity index (χ1v) is 10.1. The molecule has 148 valence electrons. The van der Waals surface area contributed by atoms with Gasteiger partial charge in [0.25, 0.3) is 5.91 Å². The van der Waals surface area contributed by atoms with E-state index in [9.17, 15) is 4.79 Å². The van der Waals surface area contributed by atoms with Crippen molar-refractivity contribution in [2.75, 3.05) is 25.0 Å². The molecule has 0 atom stereocenters. The van der Waals surface area contributed by atoms with E-state index in [-0.39, 0.29) is 11.9 Å². The smallest absolute Gasteiger partial charge is 0.251 e. The Morgan fingerprint density at radius 3 is 2.64 bits per heavy atom. The summed E-state index contributed by atoms with van der Waals surface area (Å²) < 4.78 is 5.65. The van der Waals surface area contributed by atoms with Crippen LogP contribution in [-0.2, 0) is 0 Å². The van der Waals surface area contributed by atoms with Gasteiger partial charge in [0, 0.05) is 24.7 Å². The monoisotopic (exact) mass is 397 g/mol. The Morgan fingerprint density at radius 2 is 1.93 bits per heavy atom. The lowest BCUT2D eigenvalue weighted by molar-refractivity contribution is 0.0922. The number of aryl methyl sites for hydroxylation is 1. The minimum Gasteiger partial charge on any atom is -0.492 e. The van der Waals surface area contributed by atoms with Crippen LogP contribution >= 0.6 is 12.2 Å². The largest absolute Gasteiger partial charge is 0.492 e. The van der Waals surface area contributed by atoms with Crippen molar-refractivity contribution in [3.8, 4) is 5.75 Å². The molecule has 1 fully saturated rings. The van der Waals surface area contributed by atoms with Crippen molar-refractivity contribution in [3.05, 3.63) is 59.7 Å². The zero-order valence-electron chi connectivity index (χ0n) is 16.4. The number of para-hydroxylation sites is 2. The summed E-state index contributed by atoms with van der Waals surface area (Å²) in [4.78, 5) is 14.6. The molecule has 5 nitrogen and oxygen atoms in total. The number of amides is 1. The fourth-order valence-corrected chi connectivity index (χ4v) is 3.62. The van der Waals surface area contributed by atoms with Gasteiger partial charge in [0.1, 0.15) is 5.75 Å². The summed E-state index contributed by atoms with van der Waals surface area (Å²) in [7, 11) is 0. The van der Waals surface area contributed by atoms with Gasteiger partial charge in [-0.2, -0.15) is 0 Å². The summed E-state index contributed by atoms with van der Waals surface area (Å²) in [6, 6.07) is 15.6. The Balaban J connectivity index is 1.51. The SMILES string of the molecule is CCOc1ccccc1NC(=S)N1CCC(NC(=O)c2cccc(C)c2)CC1. The average Bonchev–Trinajstić information content (AvgIpc) is 2.70. The predicted octanol–water partition coefficient (Wildman–Crippen LogP) is 3.98. The molecule has 0 unspecified atom stereocenters. The van der Waals surface area contributed by atoms with Crippen LogP contribution in [-0.4, -0.2) is 41.7 Å². The number of rotatable bonds is 5. The van der Waals surface area contributed by atoms with E-state index in [1.165, 1.54) is 0 Å². The van der Waals surface area contributed by atoms with Crippen LogP contribution in [0.15, 0.2) is 48.5 Å². The number of ether oxygens (including phenoxy) is 1. The van der Waals surface area contributed by atoms with Crippen LogP contribution in [0.1, 0.15) is 35.7 Å². The van der Waals surface area contributed by atoms with Gasteiger partial charge in [0.15, 0.2) is 5.11 Å². The van der Waals surface area contributed by atoms with E-state index in [0.717, 1.165) is 42.9 Å². The van der Waals surface area contributed by atoms with Gasteiger partial charge in [-0.15, -0.1) is 0 Å². The minimum atomic E-state index is -0.00602. The molecular weight excluding hydrogens is 370 g/mol. The molecule has 28 heavy (non-hydrogen) atoms. The highest BCUT2D eigenvalue weighted by atomic mass is 32.1. The van der Waals surface area contributed by atoms with Crippen LogP contribution in [0.4, 0.5) is 5.69 Å². The Hall–Kier alpha value is -2.60. The maximum absolute atomic E-state index is 12.4. The summed E-state index contributed by atoms with van der Waals surface area (Å²) in [5, 5.41) is 7.14. The minimum absolute atomic E-state index is 0.00602. The van der Waals surface area contributed by atoms with Crippen molar-refractivity contribution >= 4 is 28.9 Å². The zero-order valence-corrected chi connectivity index (χ0v) is 17.2. The van der Waals surface area contributed by atoms with Gasteiger partial charge in [0.05, 0.1) is 12.3 Å². The molecule has 1 saturated heterocycles. The number of thiocarbonyl (C=S) groups is 1. The molecule has 0 spiro atoms. The van der Waals surface area contributed by atoms with E-state index in [0.29, 0.717) is 17.3 Å². The highest BCUT2D eigenvalue weighted by Gasteiger charge is 2.23. The van der Waals surface area contributed by atoms with Crippen molar-refractivity contribution in [2.24, 2.45) is 0 Å². The lowest BCUT2D eigenvalue weighted by Crippen LogP contribution is -2.47. The number of carbonyl (C=O) groups is 1. The fourth-order valence-electron chi connectivity index (χ4n) is 3.33. The first-order valence-electron chi connectivity index (χ1n) is 9.72. The third-order valence-corrected chi connectivity index (χ3v) is 5.19. The fraction of sp³-hybridized carbons (Fsp3) is 0.364. The van der Waals surface area contributed by atoms with Crippen LogP contribution in [0.5, 0.6) is 5.75 Å². The van der Waals surface area contributed by atoms with E-state index in [2.05, 4.69) is 15.5 Å². The molecule has 1 heterocycles. The molecule has 6 heteroatoms. The summed E-state index contributed by atoms with van der Waals surface area (Å²) in [5.41, 5.74) is 2.68. The summed E-state index contributed by atoms with van der Waals surface area (Å²) >= 11 is 5.59. The molecule has 2 aromatic carbocycles. The number of hydrogen-bond acceptors (Lipinski definition) is 3. The second kappa shape index (κ2) is 9.55. The molecule has 0 bridgehead atoms. The van der Waals surface area contributed by atoms with E-state index in [1.807, 2.05) is 62.4 Å². The topological polar surface area (TPSA) is 53.6 Å². The number of piperidine rings is 1. The van der Waals surface area contributed by atoms with Crippen molar-refractivity contribution < 1.29 is 9.53 Å². The molecule has 2 aromatic rings. The van der Waals surface area contributed by atoms with Gasteiger partial charge in [-0.25, -0.2) is 0 Å². The van der Waals surface area contributed by atoms with E-state index < -0.39 is 0 Å². The molecule has 0 radical (unpaired) electrons. The first-order chi connectivity index (χ1) is 13.6. The number of carbonyl (C=O) groups excluding carboxylic acids is 1. The molecule has 1 aliphatic rings. The Labute approximate surface area is 172 Å². The molecular formula is C22H27N3O2S. The van der Waals surface area contributed by atoms with Crippen LogP contribution in [0.2, 0.25) is 0 Å². The zero-order chi connectivity index (χ0) is 19.9. The number of benzene rings is 2. The Bertz CT molecular complexity index is 832. The number of nitrogens with one attached hydrogen (secondary N) is 2. The number of anilines is 1. The van der Waals surface area contributed by atoms with Gasteiger partial charge in [-0.3, -0.25) is 4.79 Å². The van der Waals surface area contributed by atoms with Crippen molar-refractivity contribution in [1.29, 1.82) is 0 Å². The highest BCUT2D eigenvalue weighted by Crippen LogP contribution is 2.24. The van der Waals surface area contributed by atoms with Gasteiger partial charge < -0.3 is 20.3 Å². The standard InChI is InChI=1S/C22H27N3O2S/c1-3-27-20-10-5-4-9-19(20)24-22(28)25-13-11-18(12-14-25)23-21(26)17-8-6-7-16(2)15-17/h4-10,15,18H,3,11-14H2,1-2H3,(H,23,26)(H,24,28). The second-order valence-electron chi connectivity index (χ2n) is 6.96. The van der Waals surface area contributed by atoms with Crippen LogP contribution in [0.3, 0.4) is 0 Å². The lowest BCUT2D eigenvalue weighted by atomic mass is 10.0. The third-order valence-electron chi connectivity index (χ3n) is 4.83. The third kappa shape index (κ3) is 5.23. The van der Waals surface area contributed by atoms with Gasteiger partial charge in [-0.1, -0.05) is 29.8 Å². The molecule has 0 aromatic heterocycles. The van der Waals surface area contributed by atoms with Gasteiger partial charge in [-0.05, 0) is 63.2 Å². The van der Waals surface area contributed by atoms with Gasteiger partial charge >= 0.3 is 0 Å². The van der Waals surface area contributed by atoms with Crippen molar-refractivity contribution in [1.82, 2.24) is 10.2 Å². The molecule has 1 amide bonds. The molecule has 3 rings (SSSR count). The maximum atomic E-state index is 12.4. The molecule has 0 aliphatic carbocycles. The Morgan fingerprint density at radius 1 is 1.18 bits per heavy atom. The highest BCUT2D eigenvalue weighted by molar-refractivity contribution is 7.80. The quantitative estimate of drug-likeness (QED) is 0.748. The second-order valence-corrected chi connectivity index (χ2v) is 7.35. The van der Waals surface area contributed by atoms with E-state index in [4.69, 9.17) is 17.0 Å². The first kappa shape index (κ1) is 20.1. The number of likely N-dealkylation sites (tertiary alicyclic amines) is 1. The number of nitrogens with zero attached hydrogens (tertiary/aromatic N) is 1. The average molecular weight is 398 g/mol. The van der Waals surface area contributed by atoms with Crippen LogP contribution in [0.25, 0.3) is 0 Å². The van der Waals surface area contributed by atoms with E-state index >= 15 is 0 Å². The molecule has 0 saturated carbocycles. The lowest BCUT2D eigenvalue weighted by Gasteiger charge is -2.34. The summed E-state index contributed by atoms with van der Waals surface area (Å²) in [6.45, 7) is 6.18. The summed E-state index contributed by atoms with van der Waals surface area (Å²) in [5.74, 6) is 0.793. The maximum Gasteiger partial charge on any atom is 0.251 e. The normalized spacial score (nSPS) is 14.4. The summed E-state index contributed by atoms with van der Waals surface area (Å²) in [6.07, 6.45) is 1.74. The Kier molecular flexibility index (Phi) is 6.87. The molecule has 2 N–H and O–H groups in total. The predicted molar refractivity (Wildman–Crippen MR) is 117 cm³/mol. The van der Waals surface area contributed by atoms with Gasteiger partial charge in [0.2, 0.25) is 0 Å². The van der Waals surface area contributed by atoms with Crippen LogP contribution < -0.4 is 15.4 Å². The van der Waals surface area contributed by atoms with E-state index in [1.54, 1.807) is 0 Å². The van der Waals surface area contributed by atoms with Crippen LogP contribution in [0, 0.1) is 6.92 Å². The molecule has 1 aliphatic heterocycles.